The molecule has 2 rings (SSSR count). The minimum absolute atomic E-state index is 0.0191. The standard InChI is InChI=1S/C20H21N7O9S/c1-5-36-17(28)10-22-27(11-21)12-6-7-13(18(29)35-4)14(8-12)37(31,32)26-20(30)25-19-23-15(33-2)9-16(24-19)34-3/h6-10H,5H2,1-4H3,(H2,23,24,25,26,30). The summed E-state index contributed by atoms with van der Waals surface area (Å²) in [6.45, 7) is 1.63. The molecule has 16 nitrogen and oxygen atoms in total. The van der Waals surface area contributed by atoms with Crippen molar-refractivity contribution in [1.29, 1.82) is 5.26 Å². The molecule has 0 fully saturated rings. The molecule has 0 aliphatic rings. The number of rotatable bonds is 10. The highest BCUT2D eigenvalue weighted by Gasteiger charge is 2.27. The lowest BCUT2D eigenvalue weighted by molar-refractivity contribution is -0.134. The first kappa shape index (κ1) is 28.3. The number of nitrogens with zero attached hydrogens (tertiary/aromatic N) is 5. The van der Waals surface area contributed by atoms with E-state index in [1.165, 1.54) is 26.4 Å². The van der Waals surface area contributed by atoms with Crippen LogP contribution in [0.15, 0.2) is 34.3 Å². The molecule has 0 radical (unpaired) electrons. The average Bonchev–Trinajstić information content (AvgIpc) is 2.87. The summed E-state index contributed by atoms with van der Waals surface area (Å²) in [4.78, 5) is 43.1. The van der Waals surface area contributed by atoms with E-state index in [0.29, 0.717) is 11.2 Å². The minimum Gasteiger partial charge on any atom is -0.481 e. The van der Waals surface area contributed by atoms with Crippen molar-refractivity contribution >= 4 is 45.8 Å². The van der Waals surface area contributed by atoms with Crippen LogP contribution in [0.1, 0.15) is 17.3 Å². The molecule has 2 amide bonds. The van der Waals surface area contributed by atoms with E-state index in [2.05, 4.69) is 29.9 Å². The fourth-order valence-electron chi connectivity index (χ4n) is 2.55. The summed E-state index contributed by atoms with van der Waals surface area (Å²) in [5, 5.41) is 15.7. The molecule has 0 bridgehead atoms. The van der Waals surface area contributed by atoms with Crippen LogP contribution in [-0.2, 0) is 24.3 Å². The largest absolute Gasteiger partial charge is 0.481 e. The van der Waals surface area contributed by atoms with Gasteiger partial charge in [0.15, 0.2) is 0 Å². The number of hydrogen-bond donors (Lipinski definition) is 2. The third-order valence-corrected chi connectivity index (χ3v) is 5.49. The van der Waals surface area contributed by atoms with Gasteiger partial charge in [0.1, 0.15) is 11.1 Å². The van der Waals surface area contributed by atoms with Gasteiger partial charge in [-0.1, -0.05) is 0 Å². The summed E-state index contributed by atoms with van der Waals surface area (Å²) < 4.78 is 47.0. The molecule has 37 heavy (non-hydrogen) atoms. The Morgan fingerprint density at radius 3 is 2.32 bits per heavy atom. The topological polar surface area (TPSA) is 211 Å². The van der Waals surface area contributed by atoms with Crippen LogP contribution in [0.25, 0.3) is 0 Å². The van der Waals surface area contributed by atoms with Gasteiger partial charge in [0.05, 0.1) is 45.3 Å². The van der Waals surface area contributed by atoms with Crippen molar-refractivity contribution in [3.05, 3.63) is 29.8 Å². The van der Waals surface area contributed by atoms with Gasteiger partial charge in [-0.25, -0.2) is 27.5 Å². The number of esters is 2. The number of amides is 2. The fourth-order valence-corrected chi connectivity index (χ4v) is 3.67. The number of nitrogens with one attached hydrogen (secondary N) is 2. The monoisotopic (exact) mass is 535 g/mol. The van der Waals surface area contributed by atoms with Crippen LogP contribution in [0.4, 0.5) is 16.4 Å². The van der Waals surface area contributed by atoms with Gasteiger partial charge in [-0.15, -0.1) is 0 Å². The van der Waals surface area contributed by atoms with Crippen LogP contribution in [-0.4, -0.2) is 70.5 Å². The Morgan fingerprint density at radius 2 is 1.78 bits per heavy atom. The second-order valence-electron chi connectivity index (χ2n) is 6.42. The fraction of sp³-hybridized carbons (Fsp3) is 0.250. The number of anilines is 2. The van der Waals surface area contributed by atoms with Gasteiger partial charge >= 0.3 is 18.0 Å². The van der Waals surface area contributed by atoms with Gasteiger partial charge in [0, 0.05) is 0 Å². The Hall–Kier alpha value is -4.98. The number of nitriles is 1. The van der Waals surface area contributed by atoms with Gasteiger partial charge < -0.3 is 18.9 Å². The zero-order chi connectivity index (χ0) is 27.6. The summed E-state index contributed by atoms with van der Waals surface area (Å²) in [7, 11) is -1.13. The molecule has 0 unspecified atom stereocenters. The van der Waals surface area contributed by atoms with Crippen LogP contribution >= 0.6 is 0 Å². The Bertz CT molecular complexity index is 1330. The third kappa shape index (κ3) is 7.50. The van der Waals surface area contributed by atoms with Crippen LogP contribution < -0.4 is 24.5 Å². The Balaban J connectivity index is 2.42. The first-order chi connectivity index (χ1) is 17.6. The normalized spacial score (nSPS) is 10.7. The molecular formula is C20H21N7O9S. The molecule has 1 heterocycles. The van der Waals surface area contributed by atoms with Gasteiger partial charge in [0.2, 0.25) is 23.9 Å². The molecule has 0 aliphatic carbocycles. The number of methoxy groups -OCH3 is 3. The van der Waals surface area contributed by atoms with Crippen molar-refractivity contribution in [3.8, 4) is 18.0 Å². The number of aromatic nitrogens is 2. The highest BCUT2D eigenvalue weighted by atomic mass is 32.2. The quantitative estimate of drug-likeness (QED) is 0.141. The zero-order valence-corrected chi connectivity index (χ0v) is 20.7. The first-order valence-corrected chi connectivity index (χ1v) is 11.5. The number of benzene rings is 1. The maximum absolute atomic E-state index is 13.1. The lowest BCUT2D eigenvalue weighted by Gasteiger charge is -2.15. The molecule has 2 N–H and O–H groups in total. The number of urea groups is 1. The summed E-state index contributed by atoms with van der Waals surface area (Å²) >= 11 is 0. The first-order valence-electron chi connectivity index (χ1n) is 10.0. The molecule has 2 aromatic rings. The van der Waals surface area contributed by atoms with Gasteiger partial charge in [-0.05, 0) is 25.1 Å². The molecule has 196 valence electrons. The van der Waals surface area contributed by atoms with Gasteiger partial charge in [-0.2, -0.15) is 25.3 Å². The molecule has 1 aromatic carbocycles. The maximum Gasteiger partial charge on any atom is 0.351 e. The predicted molar refractivity (Wildman–Crippen MR) is 125 cm³/mol. The summed E-state index contributed by atoms with van der Waals surface area (Å²) in [5.41, 5.74) is -0.629. The van der Waals surface area contributed by atoms with E-state index < -0.39 is 38.5 Å². The molecule has 17 heteroatoms. The van der Waals surface area contributed by atoms with Gasteiger partial charge in [0.25, 0.3) is 10.0 Å². The summed E-state index contributed by atoms with van der Waals surface area (Å²) in [5.74, 6) is -2.21. The highest BCUT2D eigenvalue weighted by molar-refractivity contribution is 7.90. The van der Waals surface area contributed by atoms with E-state index in [-0.39, 0.29) is 30.0 Å². The SMILES string of the molecule is CCOC(=O)C=NN(C#N)c1ccc(C(=O)OC)c(S(=O)(=O)NC(=O)Nc2nc(OC)cc(OC)n2)c1. The molecular weight excluding hydrogens is 514 g/mol. The van der Waals surface area contributed by atoms with Crippen molar-refractivity contribution in [2.75, 3.05) is 38.3 Å². The summed E-state index contributed by atoms with van der Waals surface area (Å²) in [6, 6.07) is 3.10. The van der Waals surface area contributed by atoms with Crippen molar-refractivity contribution in [2.45, 2.75) is 11.8 Å². The number of sulfonamides is 1. The maximum atomic E-state index is 13.1. The summed E-state index contributed by atoms with van der Waals surface area (Å²) in [6.07, 6.45) is 2.33. The van der Waals surface area contributed by atoms with Crippen molar-refractivity contribution in [1.82, 2.24) is 14.7 Å². The van der Waals surface area contributed by atoms with Crippen LogP contribution in [0.2, 0.25) is 0 Å². The number of ether oxygens (including phenoxy) is 4. The van der Waals surface area contributed by atoms with Crippen molar-refractivity contribution < 1.29 is 41.7 Å². The third-order valence-electron chi connectivity index (χ3n) is 4.11. The van der Waals surface area contributed by atoms with E-state index in [1.807, 2.05) is 0 Å². The average molecular weight is 535 g/mol. The van der Waals surface area contributed by atoms with Crippen molar-refractivity contribution in [2.24, 2.45) is 5.10 Å². The Kier molecular flexibility index (Phi) is 9.66. The molecule has 0 aliphatic heterocycles. The molecule has 0 atom stereocenters. The zero-order valence-electron chi connectivity index (χ0n) is 19.9. The Morgan fingerprint density at radius 1 is 1.14 bits per heavy atom. The van der Waals surface area contributed by atoms with Crippen molar-refractivity contribution in [3.63, 3.8) is 0 Å². The van der Waals surface area contributed by atoms with Gasteiger partial charge in [-0.3, -0.25) is 5.32 Å². The van der Waals surface area contributed by atoms with E-state index in [9.17, 15) is 28.1 Å². The van der Waals surface area contributed by atoms with Crippen LogP contribution in [0.3, 0.4) is 0 Å². The van der Waals surface area contributed by atoms with E-state index >= 15 is 0 Å². The predicted octanol–water partition coefficient (Wildman–Crippen LogP) is 0.627. The lowest BCUT2D eigenvalue weighted by atomic mass is 10.2. The molecule has 0 spiro atoms. The number of hydrazone groups is 1. The molecule has 0 saturated carbocycles. The second-order valence-corrected chi connectivity index (χ2v) is 8.07. The highest BCUT2D eigenvalue weighted by Crippen LogP contribution is 2.25. The van der Waals surface area contributed by atoms with E-state index in [4.69, 9.17) is 9.47 Å². The number of hydrogen-bond acceptors (Lipinski definition) is 14. The van der Waals surface area contributed by atoms with Crippen LogP contribution in [0.5, 0.6) is 11.8 Å². The van der Waals surface area contributed by atoms with E-state index in [1.54, 1.807) is 17.8 Å². The molecule has 0 saturated heterocycles. The van der Waals surface area contributed by atoms with E-state index in [0.717, 1.165) is 19.2 Å². The molecule has 1 aromatic heterocycles. The minimum atomic E-state index is -4.76. The number of carbonyl (C=O) groups excluding carboxylic acids is 3. The lowest BCUT2D eigenvalue weighted by Crippen LogP contribution is -2.35. The Labute approximate surface area is 210 Å². The second kappa shape index (κ2) is 12.6. The van der Waals surface area contributed by atoms with Crippen LogP contribution in [0, 0.1) is 11.5 Å². The smallest absolute Gasteiger partial charge is 0.351 e. The number of carbonyl (C=O) groups is 3.